The second kappa shape index (κ2) is 5.49. The molecule has 1 spiro atoms. The van der Waals surface area contributed by atoms with Gasteiger partial charge in [0.15, 0.2) is 0 Å². The van der Waals surface area contributed by atoms with E-state index in [0.717, 1.165) is 31.7 Å². The van der Waals surface area contributed by atoms with Crippen LogP contribution in [-0.4, -0.2) is 28.0 Å². The lowest BCUT2D eigenvalue weighted by atomic mass is 9.74. The number of aromatic nitrogens is 2. The highest BCUT2D eigenvalue weighted by Crippen LogP contribution is 2.45. The fourth-order valence-electron chi connectivity index (χ4n) is 3.34. The second-order valence-electron chi connectivity index (χ2n) is 6.79. The van der Waals surface area contributed by atoms with E-state index in [1.54, 1.807) is 0 Å². The van der Waals surface area contributed by atoms with Crippen LogP contribution >= 0.6 is 0 Å². The monoisotopic (exact) mass is 277 g/mol. The van der Waals surface area contributed by atoms with Crippen molar-refractivity contribution < 1.29 is 4.74 Å². The Labute approximate surface area is 121 Å². The molecule has 0 aromatic carbocycles. The van der Waals surface area contributed by atoms with E-state index >= 15 is 0 Å². The molecule has 2 heterocycles. The molecule has 3 rings (SSSR count). The Morgan fingerprint density at radius 2 is 2.30 bits per heavy atom. The van der Waals surface area contributed by atoms with Gasteiger partial charge in [0.2, 0.25) is 0 Å². The molecule has 1 aliphatic carbocycles. The van der Waals surface area contributed by atoms with Gasteiger partial charge in [-0.05, 0) is 39.0 Å². The van der Waals surface area contributed by atoms with Crippen LogP contribution in [0, 0.1) is 6.92 Å². The number of hydrogen-bond donors (Lipinski definition) is 1. The van der Waals surface area contributed by atoms with E-state index < -0.39 is 0 Å². The summed E-state index contributed by atoms with van der Waals surface area (Å²) >= 11 is 0. The molecule has 1 saturated carbocycles. The lowest BCUT2D eigenvalue weighted by Crippen LogP contribution is -2.46. The van der Waals surface area contributed by atoms with Gasteiger partial charge >= 0.3 is 0 Å². The van der Waals surface area contributed by atoms with Crippen LogP contribution in [0.5, 0.6) is 0 Å². The number of rotatable bonds is 4. The maximum Gasteiger partial charge on any atom is 0.0703 e. The summed E-state index contributed by atoms with van der Waals surface area (Å²) in [5.74, 6) is 0. The van der Waals surface area contributed by atoms with Gasteiger partial charge in [-0.1, -0.05) is 13.8 Å². The molecule has 0 radical (unpaired) electrons. The SMILES string of the molecule is Cc1nn(C2CCOC3(CCC3)C2)cc1CNC(C)C. The van der Waals surface area contributed by atoms with Gasteiger partial charge in [0.05, 0.1) is 17.3 Å². The van der Waals surface area contributed by atoms with Crippen molar-refractivity contribution in [2.24, 2.45) is 0 Å². The maximum absolute atomic E-state index is 6.02. The Hall–Kier alpha value is -0.870. The summed E-state index contributed by atoms with van der Waals surface area (Å²) in [5, 5.41) is 8.24. The number of ether oxygens (including phenoxy) is 1. The van der Waals surface area contributed by atoms with Crippen molar-refractivity contribution in [3.05, 3.63) is 17.5 Å². The van der Waals surface area contributed by atoms with E-state index in [9.17, 15) is 0 Å². The first-order chi connectivity index (χ1) is 9.58. The summed E-state index contributed by atoms with van der Waals surface area (Å²) in [4.78, 5) is 0. The normalized spacial score (nSPS) is 25.1. The molecule has 112 valence electrons. The Bertz CT molecular complexity index is 462. The van der Waals surface area contributed by atoms with Crippen LogP contribution in [0.4, 0.5) is 0 Å². The van der Waals surface area contributed by atoms with Crippen LogP contribution < -0.4 is 5.32 Å². The van der Waals surface area contributed by atoms with Crippen molar-refractivity contribution in [2.45, 2.75) is 77.1 Å². The van der Waals surface area contributed by atoms with Gasteiger partial charge < -0.3 is 10.1 Å². The average Bonchev–Trinajstić information content (AvgIpc) is 2.76. The molecule has 1 saturated heterocycles. The number of hydrogen-bond acceptors (Lipinski definition) is 3. The highest BCUT2D eigenvalue weighted by molar-refractivity contribution is 5.16. The number of aryl methyl sites for hydroxylation is 1. The molecular weight excluding hydrogens is 250 g/mol. The lowest BCUT2D eigenvalue weighted by Gasteiger charge is -2.47. The Morgan fingerprint density at radius 3 is 2.95 bits per heavy atom. The minimum atomic E-state index is 0.194. The summed E-state index contributed by atoms with van der Waals surface area (Å²) in [6.45, 7) is 8.28. The molecule has 1 aromatic heterocycles. The summed E-state index contributed by atoms with van der Waals surface area (Å²) in [6.07, 6.45) is 8.30. The van der Waals surface area contributed by atoms with Gasteiger partial charge in [-0.3, -0.25) is 4.68 Å². The van der Waals surface area contributed by atoms with Crippen molar-refractivity contribution in [3.8, 4) is 0 Å². The number of nitrogens with one attached hydrogen (secondary N) is 1. The third-order valence-corrected chi connectivity index (χ3v) is 4.82. The Morgan fingerprint density at radius 1 is 1.50 bits per heavy atom. The van der Waals surface area contributed by atoms with Crippen LogP contribution in [-0.2, 0) is 11.3 Å². The minimum Gasteiger partial charge on any atom is -0.375 e. The molecule has 2 fully saturated rings. The largest absolute Gasteiger partial charge is 0.375 e. The van der Waals surface area contributed by atoms with Crippen molar-refractivity contribution in [2.75, 3.05) is 6.61 Å². The molecule has 1 N–H and O–H groups in total. The van der Waals surface area contributed by atoms with Crippen LogP contribution in [0.3, 0.4) is 0 Å². The predicted molar refractivity (Wildman–Crippen MR) is 79.7 cm³/mol. The van der Waals surface area contributed by atoms with Crippen LogP contribution in [0.2, 0.25) is 0 Å². The van der Waals surface area contributed by atoms with E-state index in [2.05, 4.69) is 37.0 Å². The summed E-state index contributed by atoms with van der Waals surface area (Å²) in [5.41, 5.74) is 2.68. The maximum atomic E-state index is 6.02. The van der Waals surface area contributed by atoms with Gasteiger partial charge in [-0.15, -0.1) is 0 Å². The highest BCUT2D eigenvalue weighted by atomic mass is 16.5. The zero-order chi connectivity index (χ0) is 14.2. The average molecular weight is 277 g/mol. The van der Waals surface area contributed by atoms with Gasteiger partial charge in [-0.2, -0.15) is 5.10 Å². The molecule has 4 heteroatoms. The molecule has 0 amide bonds. The third-order valence-electron chi connectivity index (χ3n) is 4.82. The first-order valence-corrected chi connectivity index (χ1v) is 8.00. The van der Waals surface area contributed by atoms with E-state index in [0.29, 0.717) is 12.1 Å². The van der Waals surface area contributed by atoms with Crippen LogP contribution in [0.1, 0.15) is 63.3 Å². The molecule has 1 unspecified atom stereocenters. The van der Waals surface area contributed by atoms with E-state index in [1.165, 1.54) is 24.8 Å². The Balaban J connectivity index is 1.68. The molecular formula is C16H27N3O. The van der Waals surface area contributed by atoms with Crippen LogP contribution in [0.15, 0.2) is 6.20 Å². The summed E-state index contributed by atoms with van der Waals surface area (Å²) in [7, 11) is 0. The molecule has 1 atom stereocenters. The Kier molecular flexibility index (Phi) is 3.87. The highest BCUT2D eigenvalue weighted by Gasteiger charge is 2.43. The van der Waals surface area contributed by atoms with Gasteiger partial charge in [-0.25, -0.2) is 0 Å². The molecule has 1 aliphatic heterocycles. The topological polar surface area (TPSA) is 39.1 Å². The molecule has 4 nitrogen and oxygen atoms in total. The zero-order valence-electron chi connectivity index (χ0n) is 13.0. The van der Waals surface area contributed by atoms with Crippen LogP contribution in [0.25, 0.3) is 0 Å². The fraction of sp³-hybridized carbons (Fsp3) is 0.812. The van der Waals surface area contributed by atoms with E-state index in [-0.39, 0.29) is 5.60 Å². The summed E-state index contributed by atoms with van der Waals surface area (Å²) in [6, 6.07) is 1.04. The van der Waals surface area contributed by atoms with Gasteiger partial charge in [0, 0.05) is 31.0 Å². The fourth-order valence-corrected chi connectivity index (χ4v) is 3.34. The number of nitrogens with zero attached hydrogens (tertiary/aromatic N) is 2. The second-order valence-corrected chi connectivity index (χ2v) is 6.79. The minimum absolute atomic E-state index is 0.194. The smallest absolute Gasteiger partial charge is 0.0703 e. The standard InChI is InChI=1S/C16H27N3O/c1-12(2)17-10-14-11-19(18-13(14)3)15-5-8-20-16(9-15)6-4-7-16/h11-12,15,17H,4-10H2,1-3H3. The lowest BCUT2D eigenvalue weighted by molar-refractivity contribution is -0.141. The third kappa shape index (κ3) is 2.77. The summed E-state index contributed by atoms with van der Waals surface area (Å²) < 4.78 is 8.22. The van der Waals surface area contributed by atoms with Crippen molar-refractivity contribution in [1.82, 2.24) is 15.1 Å². The van der Waals surface area contributed by atoms with E-state index in [4.69, 9.17) is 9.84 Å². The van der Waals surface area contributed by atoms with Gasteiger partial charge in [0.1, 0.15) is 0 Å². The molecule has 2 aliphatic rings. The first kappa shape index (κ1) is 14.1. The molecule has 20 heavy (non-hydrogen) atoms. The van der Waals surface area contributed by atoms with Gasteiger partial charge in [0.25, 0.3) is 0 Å². The van der Waals surface area contributed by atoms with Crippen molar-refractivity contribution >= 4 is 0 Å². The quantitative estimate of drug-likeness (QED) is 0.919. The molecule has 0 bridgehead atoms. The zero-order valence-corrected chi connectivity index (χ0v) is 13.0. The van der Waals surface area contributed by atoms with Crippen molar-refractivity contribution in [3.63, 3.8) is 0 Å². The molecule has 1 aromatic rings. The van der Waals surface area contributed by atoms with E-state index in [1.807, 2.05) is 0 Å². The predicted octanol–water partition coefficient (Wildman–Crippen LogP) is 2.96. The first-order valence-electron chi connectivity index (χ1n) is 8.00. The van der Waals surface area contributed by atoms with Crippen molar-refractivity contribution in [1.29, 1.82) is 0 Å².